The van der Waals surface area contributed by atoms with Gasteiger partial charge in [-0.1, -0.05) is 0 Å². The Kier molecular flexibility index (Phi) is 3.42. The highest BCUT2D eigenvalue weighted by atomic mass is 32.2. The fourth-order valence-electron chi connectivity index (χ4n) is 1.84. The van der Waals surface area contributed by atoms with Crippen LogP contribution in [0.5, 0.6) is 0 Å². The molecule has 1 atom stereocenters. The molecular weight excluding hydrogens is 260 g/mol. The van der Waals surface area contributed by atoms with E-state index in [4.69, 9.17) is 9.84 Å². The van der Waals surface area contributed by atoms with Gasteiger partial charge in [-0.05, 0) is 6.07 Å². The quantitative estimate of drug-likeness (QED) is 0.802. The van der Waals surface area contributed by atoms with Crippen molar-refractivity contribution in [1.82, 2.24) is 8.87 Å². The molecule has 0 aliphatic carbocycles. The van der Waals surface area contributed by atoms with Crippen molar-refractivity contribution < 1.29 is 23.1 Å². The van der Waals surface area contributed by atoms with E-state index in [1.807, 2.05) is 0 Å². The summed E-state index contributed by atoms with van der Waals surface area (Å²) in [5.41, 5.74) is 0. The van der Waals surface area contributed by atoms with Crippen molar-refractivity contribution in [2.24, 2.45) is 7.05 Å². The minimum Gasteiger partial charge on any atom is -0.480 e. The molecule has 1 aliphatic heterocycles. The maximum absolute atomic E-state index is 12.3. The summed E-state index contributed by atoms with van der Waals surface area (Å²) < 4.78 is 32.2. The lowest BCUT2D eigenvalue weighted by atomic mass is 10.3. The topological polar surface area (TPSA) is 88.8 Å². The number of rotatable bonds is 3. The van der Waals surface area contributed by atoms with E-state index in [2.05, 4.69) is 0 Å². The molecule has 1 unspecified atom stereocenters. The third-order valence-corrected chi connectivity index (χ3v) is 4.67. The number of aromatic nitrogens is 1. The highest BCUT2D eigenvalue weighted by molar-refractivity contribution is 7.89. The van der Waals surface area contributed by atoms with Gasteiger partial charge in [-0.3, -0.25) is 4.79 Å². The molecule has 1 aliphatic rings. The van der Waals surface area contributed by atoms with Gasteiger partial charge in [0.15, 0.2) is 0 Å². The molecule has 1 aromatic heterocycles. The van der Waals surface area contributed by atoms with Gasteiger partial charge in [-0.15, -0.1) is 0 Å². The van der Waals surface area contributed by atoms with E-state index in [-0.39, 0.29) is 24.7 Å². The number of hydrogen-bond donors (Lipinski definition) is 1. The Bertz CT molecular complexity index is 550. The lowest BCUT2D eigenvalue weighted by Gasteiger charge is -2.31. The van der Waals surface area contributed by atoms with Gasteiger partial charge in [-0.2, -0.15) is 4.31 Å². The average Bonchev–Trinajstić information content (AvgIpc) is 2.76. The molecule has 1 aromatic rings. The molecule has 0 spiro atoms. The number of carbonyl (C=O) groups is 1. The molecule has 0 radical (unpaired) electrons. The minimum atomic E-state index is -3.78. The highest BCUT2D eigenvalue weighted by Crippen LogP contribution is 2.20. The van der Waals surface area contributed by atoms with Crippen LogP contribution in [0.25, 0.3) is 0 Å². The van der Waals surface area contributed by atoms with E-state index in [1.54, 1.807) is 17.8 Å². The first-order valence-corrected chi connectivity index (χ1v) is 6.81. The summed E-state index contributed by atoms with van der Waals surface area (Å²) in [6.07, 6.45) is 3.05. The van der Waals surface area contributed by atoms with Crippen LogP contribution in [-0.4, -0.2) is 54.2 Å². The Balaban J connectivity index is 2.36. The minimum absolute atomic E-state index is 0.0498. The molecule has 0 bridgehead atoms. The van der Waals surface area contributed by atoms with Crippen LogP contribution in [0.15, 0.2) is 23.4 Å². The van der Waals surface area contributed by atoms with Crippen molar-refractivity contribution in [2.75, 3.05) is 19.8 Å². The summed E-state index contributed by atoms with van der Waals surface area (Å²) >= 11 is 0. The zero-order valence-electron chi connectivity index (χ0n) is 9.81. The Hall–Kier alpha value is -1.38. The SMILES string of the molecule is Cn1ccc(S(=O)(=O)N2CCOCC2C(=O)O)c1. The van der Waals surface area contributed by atoms with Crippen LogP contribution in [0.1, 0.15) is 0 Å². The van der Waals surface area contributed by atoms with E-state index < -0.39 is 22.0 Å². The van der Waals surface area contributed by atoms with E-state index in [0.717, 1.165) is 4.31 Å². The van der Waals surface area contributed by atoms with Crippen LogP contribution < -0.4 is 0 Å². The molecule has 7 nitrogen and oxygen atoms in total. The lowest BCUT2D eigenvalue weighted by Crippen LogP contribution is -2.52. The van der Waals surface area contributed by atoms with Crippen LogP contribution >= 0.6 is 0 Å². The number of sulfonamides is 1. The molecule has 2 rings (SSSR count). The first kappa shape index (κ1) is 13.1. The van der Waals surface area contributed by atoms with Gasteiger partial charge in [0.25, 0.3) is 0 Å². The Morgan fingerprint density at radius 1 is 1.56 bits per heavy atom. The lowest BCUT2D eigenvalue weighted by molar-refractivity contribution is -0.146. The summed E-state index contributed by atoms with van der Waals surface area (Å²) in [6, 6.07) is 0.285. The molecule has 1 saturated heterocycles. The summed E-state index contributed by atoms with van der Waals surface area (Å²) in [5.74, 6) is -1.20. The molecule has 0 amide bonds. The number of hydrogen-bond acceptors (Lipinski definition) is 4. The predicted octanol–water partition coefficient (Wildman–Crippen LogP) is -0.501. The Morgan fingerprint density at radius 2 is 2.28 bits per heavy atom. The molecule has 2 heterocycles. The molecule has 0 saturated carbocycles. The van der Waals surface area contributed by atoms with E-state index in [0.29, 0.717) is 0 Å². The van der Waals surface area contributed by atoms with Crippen LogP contribution in [0.2, 0.25) is 0 Å². The number of morpholine rings is 1. The van der Waals surface area contributed by atoms with E-state index in [9.17, 15) is 13.2 Å². The van der Waals surface area contributed by atoms with Crippen molar-refractivity contribution in [2.45, 2.75) is 10.9 Å². The standard InChI is InChI=1S/C10H14N2O5S/c1-11-3-2-8(6-11)18(15,16)12-4-5-17-7-9(12)10(13)14/h2-3,6,9H,4-5,7H2,1H3,(H,13,14). The Labute approximate surface area is 105 Å². The molecular formula is C10H14N2O5S. The molecule has 8 heteroatoms. The van der Waals surface area contributed by atoms with E-state index in [1.165, 1.54) is 12.3 Å². The smallest absolute Gasteiger partial charge is 0.324 e. The van der Waals surface area contributed by atoms with Gasteiger partial charge in [0, 0.05) is 26.0 Å². The zero-order valence-corrected chi connectivity index (χ0v) is 10.6. The van der Waals surface area contributed by atoms with Gasteiger partial charge in [0.2, 0.25) is 10.0 Å². The van der Waals surface area contributed by atoms with Crippen LogP contribution in [-0.2, 0) is 26.6 Å². The number of aryl methyl sites for hydroxylation is 1. The van der Waals surface area contributed by atoms with Crippen LogP contribution in [0.4, 0.5) is 0 Å². The summed E-state index contributed by atoms with van der Waals surface area (Å²) in [4.78, 5) is 11.2. The predicted molar refractivity (Wildman–Crippen MR) is 61.5 cm³/mol. The van der Waals surface area contributed by atoms with Crippen molar-refractivity contribution >= 4 is 16.0 Å². The van der Waals surface area contributed by atoms with Gasteiger partial charge in [0.1, 0.15) is 6.04 Å². The molecule has 100 valence electrons. The van der Waals surface area contributed by atoms with Crippen LogP contribution in [0, 0.1) is 0 Å². The van der Waals surface area contributed by atoms with Crippen molar-refractivity contribution in [3.63, 3.8) is 0 Å². The average molecular weight is 274 g/mol. The number of carboxylic acid groups (broad SMARTS) is 1. The first-order valence-electron chi connectivity index (χ1n) is 5.37. The number of nitrogens with zero attached hydrogens (tertiary/aromatic N) is 2. The fraction of sp³-hybridized carbons (Fsp3) is 0.500. The van der Waals surface area contributed by atoms with Gasteiger partial charge < -0.3 is 14.4 Å². The highest BCUT2D eigenvalue weighted by Gasteiger charge is 2.38. The molecule has 0 aromatic carbocycles. The number of carboxylic acids is 1. The largest absolute Gasteiger partial charge is 0.480 e. The van der Waals surface area contributed by atoms with Gasteiger partial charge in [-0.25, -0.2) is 8.42 Å². The second kappa shape index (κ2) is 4.71. The second-order valence-electron chi connectivity index (χ2n) is 4.06. The third-order valence-electron chi connectivity index (χ3n) is 2.78. The van der Waals surface area contributed by atoms with Crippen molar-refractivity contribution in [3.8, 4) is 0 Å². The summed E-state index contributed by atoms with van der Waals surface area (Å²) in [7, 11) is -2.08. The van der Waals surface area contributed by atoms with Crippen molar-refractivity contribution in [1.29, 1.82) is 0 Å². The third kappa shape index (κ3) is 2.26. The molecule has 1 fully saturated rings. The van der Waals surface area contributed by atoms with Gasteiger partial charge >= 0.3 is 5.97 Å². The van der Waals surface area contributed by atoms with Gasteiger partial charge in [0.05, 0.1) is 18.1 Å². The number of ether oxygens (including phenoxy) is 1. The normalized spacial score (nSPS) is 21.9. The fourth-order valence-corrected chi connectivity index (χ4v) is 3.44. The zero-order chi connectivity index (χ0) is 13.3. The second-order valence-corrected chi connectivity index (χ2v) is 5.95. The number of aliphatic carboxylic acids is 1. The maximum Gasteiger partial charge on any atom is 0.324 e. The van der Waals surface area contributed by atoms with Crippen molar-refractivity contribution in [3.05, 3.63) is 18.5 Å². The van der Waals surface area contributed by atoms with E-state index >= 15 is 0 Å². The van der Waals surface area contributed by atoms with Crippen LogP contribution in [0.3, 0.4) is 0 Å². The summed E-state index contributed by atoms with van der Waals surface area (Å²) in [6.45, 7) is 0.130. The molecule has 1 N–H and O–H groups in total. The molecule has 18 heavy (non-hydrogen) atoms. The Morgan fingerprint density at radius 3 is 2.83 bits per heavy atom. The first-order chi connectivity index (χ1) is 8.43. The maximum atomic E-state index is 12.3. The monoisotopic (exact) mass is 274 g/mol. The summed E-state index contributed by atoms with van der Waals surface area (Å²) in [5, 5.41) is 9.03.